The van der Waals surface area contributed by atoms with Gasteiger partial charge in [0.25, 0.3) is 0 Å². The molecule has 0 bridgehead atoms. The van der Waals surface area contributed by atoms with Gasteiger partial charge in [-0.2, -0.15) is 0 Å². The van der Waals surface area contributed by atoms with E-state index in [4.69, 9.17) is 22.1 Å². The molecule has 0 saturated heterocycles. The predicted octanol–water partition coefficient (Wildman–Crippen LogP) is 2.22. The third-order valence-electron chi connectivity index (χ3n) is 1.99. The normalized spacial score (nSPS) is 10.4. The first-order valence-electron chi connectivity index (χ1n) is 5.46. The quantitative estimate of drug-likeness (QED) is 0.794. The SMILES string of the molecule is CC(C)NC(=O)CCOc1cc(N)ccc1Cl. The molecule has 0 radical (unpaired) electrons. The maximum atomic E-state index is 11.3. The molecule has 0 atom stereocenters. The van der Waals surface area contributed by atoms with Gasteiger partial charge >= 0.3 is 0 Å². The average Bonchev–Trinajstić information content (AvgIpc) is 2.22. The van der Waals surface area contributed by atoms with Crippen LogP contribution in [0.25, 0.3) is 0 Å². The standard InChI is InChI=1S/C12H17ClN2O2/c1-8(2)15-12(16)5-6-17-11-7-9(14)3-4-10(11)13/h3-4,7-8H,5-6,14H2,1-2H3,(H,15,16). The van der Waals surface area contributed by atoms with Gasteiger partial charge in [0.05, 0.1) is 18.1 Å². The highest BCUT2D eigenvalue weighted by Crippen LogP contribution is 2.26. The Morgan fingerprint density at radius 3 is 2.88 bits per heavy atom. The smallest absolute Gasteiger partial charge is 0.223 e. The number of amides is 1. The number of carbonyl (C=O) groups excluding carboxylic acids is 1. The lowest BCUT2D eigenvalue weighted by Gasteiger charge is -2.10. The van der Waals surface area contributed by atoms with Gasteiger partial charge in [0, 0.05) is 17.8 Å². The number of nitrogens with one attached hydrogen (secondary N) is 1. The van der Waals surface area contributed by atoms with E-state index in [1.807, 2.05) is 13.8 Å². The van der Waals surface area contributed by atoms with E-state index in [0.717, 1.165) is 0 Å². The van der Waals surface area contributed by atoms with E-state index in [2.05, 4.69) is 5.32 Å². The van der Waals surface area contributed by atoms with Gasteiger partial charge in [-0.25, -0.2) is 0 Å². The van der Waals surface area contributed by atoms with Crippen LogP contribution in [0.2, 0.25) is 5.02 Å². The highest BCUT2D eigenvalue weighted by Gasteiger charge is 2.05. The van der Waals surface area contributed by atoms with Gasteiger partial charge in [0.1, 0.15) is 5.75 Å². The lowest BCUT2D eigenvalue weighted by atomic mass is 10.3. The van der Waals surface area contributed by atoms with E-state index in [1.54, 1.807) is 18.2 Å². The third kappa shape index (κ3) is 4.95. The number of benzene rings is 1. The first-order valence-corrected chi connectivity index (χ1v) is 5.84. The minimum absolute atomic E-state index is 0.0416. The topological polar surface area (TPSA) is 64.3 Å². The molecular formula is C12H17ClN2O2. The molecule has 0 aromatic heterocycles. The second kappa shape index (κ2) is 6.35. The van der Waals surface area contributed by atoms with Gasteiger partial charge < -0.3 is 15.8 Å². The van der Waals surface area contributed by atoms with Gasteiger partial charge in [0.15, 0.2) is 0 Å². The van der Waals surface area contributed by atoms with Crippen molar-refractivity contribution in [1.82, 2.24) is 5.32 Å². The Hall–Kier alpha value is -1.42. The first-order chi connectivity index (χ1) is 7.99. The summed E-state index contributed by atoms with van der Waals surface area (Å²) in [6.45, 7) is 4.10. The Balaban J connectivity index is 2.40. The number of hydrogen-bond acceptors (Lipinski definition) is 3. The lowest BCUT2D eigenvalue weighted by Crippen LogP contribution is -2.31. The number of nitrogen functional groups attached to an aromatic ring is 1. The molecule has 1 amide bonds. The van der Waals surface area contributed by atoms with Crippen LogP contribution in [0.3, 0.4) is 0 Å². The predicted molar refractivity (Wildman–Crippen MR) is 69.3 cm³/mol. The van der Waals surface area contributed by atoms with Crippen LogP contribution in [0.1, 0.15) is 20.3 Å². The zero-order valence-electron chi connectivity index (χ0n) is 10.00. The van der Waals surface area contributed by atoms with Crippen LogP contribution in [-0.2, 0) is 4.79 Å². The molecule has 1 aromatic carbocycles. The number of anilines is 1. The molecule has 4 nitrogen and oxygen atoms in total. The second-order valence-electron chi connectivity index (χ2n) is 4.01. The summed E-state index contributed by atoms with van der Waals surface area (Å²) < 4.78 is 5.40. The number of hydrogen-bond donors (Lipinski definition) is 2. The van der Waals surface area contributed by atoms with Gasteiger partial charge in [-0.3, -0.25) is 4.79 Å². The summed E-state index contributed by atoms with van der Waals surface area (Å²) in [7, 11) is 0. The number of halogens is 1. The fourth-order valence-electron chi connectivity index (χ4n) is 1.28. The fraction of sp³-hybridized carbons (Fsp3) is 0.417. The molecule has 5 heteroatoms. The Kier molecular flexibility index (Phi) is 5.10. The summed E-state index contributed by atoms with van der Waals surface area (Å²) >= 11 is 5.91. The van der Waals surface area contributed by atoms with Crippen LogP contribution in [0.15, 0.2) is 18.2 Å². The number of rotatable bonds is 5. The summed E-state index contributed by atoms with van der Waals surface area (Å²) in [5.74, 6) is 0.462. The fourth-order valence-corrected chi connectivity index (χ4v) is 1.45. The van der Waals surface area contributed by atoms with Crippen molar-refractivity contribution in [2.75, 3.05) is 12.3 Å². The summed E-state index contributed by atoms with van der Waals surface area (Å²) in [6.07, 6.45) is 0.295. The monoisotopic (exact) mass is 256 g/mol. The molecule has 0 heterocycles. The van der Waals surface area contributed by atoms with E-state index in [-0.39, 0.29) is 18.6 Å². The summed E-state index contributed by atoms with van der Waals surface area (Å²) in [6, 6.07) is 5.14. The van der Waals surface area contributed by atoms with Crippen molar-refractivity contribution in [1.29, 1.82) is 0 Å². The van der Waals surface area contributed by atoms with Crippen LogP contribution >= 0.6 is 11.6 Å². The molecule has 0 aliphatic carbocycles. The van der Waals surface area contributed by atoms with Crippen molar-refractivity contribution in [3.63, 3.8) is 0 Å². The minimum Gasteiger partial charge on any atom is -0.491 e. The van der Waals surface area contributed by atoms with E-state index >= 15 is 0 Å². The molecule has 1 aromatic rings. The Bertz CT molecular complexity index is 394. The summed E-state index contributed by atoms with van der Waals surface area (Å²) in [5, 5.41) is 3.27. The molecule has 0 aliphatic heterocycles. The van der Waals surface area contributed by atoms with E-state index < -0.39 is 0 Å². The number of carbonyl (C=O) groups is 1. The second-order valence-corrected chi connectivity index (χ2v) is 4.42. The van der Waals surface area contributed by atoms with Crippen molar-refractivity contribution >= 4 is 23.2 Å². The molecule has 1 rings (SSSR count). The van der Waals surface area contributed by atoms with Gasteiger partial charge in [-0.1, -0.05) is 11.6 Å². The molecule has 0 spiro atoms. The molecule has 94 valence electrons. The van der Waals surface area contributed by atoms with Crippen LogP contribution in [0, 0.1) is 0 Å². The molecule has 0 unspecified atom stereocenters. The molecule has 0 saturated carbocycles. The van der Waals surface area contributed by atoms with Gasteiger partial charge in [-0.15, -0.1) is 0 Å². The highest BCUT2D eigenvalue weighted by molar-refractivity contribution is 6.32. The lowest BCUT2D eigenvalue weighted by molar-refractivity contribution is -0.122. The van der Waals surface area contributed by atoms with Crippen molar-refractivity contribution in [2.45, 2.75) is 26.3 Å². The Labute approximate surface area is 106 Å². The number of ether oxygens (including phenoxy) is 1. The van der Waals surface area contributed by atoms with Gasteiger partial charge in [-0.05, 0) is 26.0 Å². The largest absolute Gasteiger partial charge is 0.491 e. The van der Waals surface area contributed by atoms with Crippen molar-refractivity contribution in [2.24, 2.45) is 0 Å². The van der Waals surface area contributed by atoms with E-state index in [1.165, 1.54) is 0 Å². The zero-order chi connectivity index (χ0) is 12.8. The summed E-state index contributed by atoms with van der Waals surface area (Å²) in [4.78, 5) is 11.3. The minimum atomic E-state index is -0.0416. The van der Waals surface area contributed by atoms with Crippen molar-refractivity contribution < 1.29 is 9.53 Å². The Morgan fingerprint density at radius 1 is 1.53 bits per heavy atom. The van der Waals surface area contributed by atoms with Crippen LogP contribution < -0.4 is 15.8 Å². The van der Waals surface area contributed by atoms with Gasteiger partial charge in [0.2, 0.25) is 5.91 Å². The van der Waals surface area contributed by atoms with Crippen molar-refractivity contribution in [3.05, 3.63) is 23.2 Å². The highest BCUT2D eigenvalue weighted by atomic mass is 35.5. The summed E-state index contributed by atoms with van der Waals surface area (Å²) in [5.41, 5.74) is 6.19. The molecular weight excluding hydrogens is 240 g/mol. The molecule has 3 N–H and O–H groups in total. The molecule has 0 fully saturated rings. The van der Waals surface area contributed by atoms with E-state index in [0.29, 0.717) is 22.9 Å². The van der Waals surface area contributed by atoms with Crippen molar-refractivity contribution in [3.8, 4) is 5.75 Å². The molecule has 0 aliphatic rings. The molecule has 17 heavy (non-hydrogen) atoms. The van der Waals surface area contributed by atoms with Crippen LogP contribution in [-0.4, -0.2) is 18.6 Å². The first kappa shape index (κ1) is 13.6. The maximum absolute atomic E-state index is 11.3. The average molecular weight is 257 g/mol. The number of nitrogens with two attached hydrogens (primary N) is 1. The Morgan fingerprint density at radius 2 is 2.24 bits per heavy atom. The van der Waals surface area contributed by atoms with Crippen LogP contribution in [0.4, 0.5) is 5.69 Å². The van der Waals surface area contributed by atoms with E-state index in [9.17, 15) is 4.79 Å². The zero-order valence-corrected chi connectivity index (χ0v) is 10.8. The maximum Gasteiger partial charge on any atom is 0.223 e. The third-order valence-corrected chi connectivity index (χ3v) is 2.30. The van der Waals surface area contributed by atoms with Crippen LogP contribution in [0.5, 0.6) is 5.75 Å².